The summed E-state index contributed by atoms with van der Waals surface area (Å²) >= 11 is 3.77. The molecule has 0 radical (unpaired) electrons. The zero-order valence-corrected chi connectivity index (χ0v) is 61.4. The monoisotopic (exact) mass is 1400 g/mol. The fourth-order valence-electron chi connectivity index (χ4n) is 16.7. The Morgan fingerprint density at radius 1 is 0.183 bits per heavy atom. The van der Waals surface area contributed by atoms with Crippen LogP contribution in [0.4, 0.5) is 0 Å². The van der Waals surface area contributed by atoms with Gasteiger partial charge < -0.3 is 9.13 Å². The minimum atomic E-state index is -0.583. The maximum Gasteiger partial charge on any atom is 0.0701 e. The van der Waals surface area contributed by atoms with Crippen LogP contribution in [0, 0.1) is 0 Å². The number of benzene rings is 15. The maximum atomic E-state index is 3.77. The molecule has 0 aliphatic carbocycles. The molecule has 2 aromatic heterocycles. The van der Waals surface area contributed by atoms with Crippen LogP contribution in [-0.4, -0.2) is 9.13 Å². The molecular formula is C101H83BrN2. The first kappa shape index (κ1) is 66.9. The van der Waals surface area contributed by atoms with Gasteiger partial charge in [-0.05, 0) is 168 Å². The van der Waals surface area contributed by atoms with Gasteiger partial charge in [0.05, 0.1) is 38.3 Å². The number of hydrogen-bond acceptors (Lipinski definition) is 0. The zero-order chi connectivity index (χ0) is 71.1. The molecule has 0 amide bonds. The van der Waals surface area contributed by atoms with E-state index in [0.29, 0.717) is 0 Å². The molecule has 0 atom stereocenters. The van der Waals surface area contributed by atoms with Crippen LogP contribution < -0.4 is 0 Å². The second-order valence-electron chi connectivity index (χ2n) is 29.7. The molecule has 2 heterocycles. The van der Waals surface area contributed by atoms with Gasteiger partial charge in [0.25, 0.3) is 0 Å². The lowest BCUT2D eigenvalue weighted by molar-refractivity contribution is 0.590. The zero-order valence-electron chi connectivity index (χ0n) is 59.8. The van der Waals surface area contributed by atoms with Crippen LogP contribution >= 0.6 is 15.9 Å². The molecule has 104 heavy (non-hydrogen) atoms. The van der Waals surface area contributed by atoms with Crippen molar-refractivity contribution in [1.29, 1.82) is 0 Å². The van der Waals surface area contributed by atoms with Crippen molar-refractivity contribution in [3.63, 3.8) is 0 Å². The van der Waals surface area contributed by atoms with E-state index in [2.05, 4.69) is 461 Å². The van der Waals surface area contributed by atoms with Crippen LogP contribution in [0.1, 0.15) is 119 Å². The van der Waals surface area contributed by atoms with Crippen molar-refractivity contribution in [2.24, 2.45) is 0 Å². The van der Waals surface area contributed by atoms with Crippen molar-refractivity contribution in [2.45, 2.75) is 68.6 Å². The third kappa shape index (κ3) is 11.7. The molecule has 0 saturated heterocycles. The van der Waals surface area contributed by atoms with E-state index in [1.54, 1.807) is 0 Å². The number of rotatable bonds is 14. The van der Waals surface area contributed by atoms with Gasteiger partial charge in [-0.1, -0.05) is 373 Å². The summed E-state index contributed by atoms with van der Waals surface area (Å²) in [5.74, 6) is 0. The van der Waals surface area contributed by atoms with E-state index < -0.39 is 16.2 Å². The topological polar surface area (TPSA) is 9.86 Å². The van der Waals surface area contributed by atoms with Crippen LogP contribution in [-0.2, 0) is 27.1 Å². The van der Waals surface area contributed by atoms with Crippen LogP contribution in [0.25, 0.3) is 55.0 Å². The fraction of sp³-hybridized carbons (Fsp3) is 0.109. The van der Waals surface area contributed by atoms with Crippen LogP contribution in [0.5, 0.6) is 0 Å². The van der Waals surface area contributed by atoms with Gasteiger partial charge in [-0.2, -0.15) is 0 Å². The van der Waals surface area contributed by atoms with E-state index in [1.165, 1.54) is 127 Å². The molecule has 504 valence electrons. The highest BCUT2D eigenvalue weighted by Gasteiger charge is 2.42. The first-order chi connectivity index (χ1) is 50.8. The Bertz CT molecular complexity index is 5330. The summed E-state index contributed by atoms with van der Waals surface area (Å²) in [6.45, 7) is 13.6. The van der Waals surface area contributed by atoms with Crippen molar-refractivity contribution in [2.75, 3.05) is 0 Å². The molecule has 2 nitrogen and oxygen atoms in total. The summed E-state index contributed by atoms with van der Waals surface area (Å²) in [6.07, 6.45) is 0. The Morgan fingerprint density at radius 3 is 0.567 bits per heavy atom. The highest BCUT2D eigenvalue weighted by atomic mass is 79.9. The van der Waals surface area contributed by atoms with Crippen molar-refractivity contribution >= 4 is 59.5 Å². The van der Waals surface area contributed by atoms with E-state index in [4.69, 9.17) is 0 Å². The predicted octanol–water partition coefficient (Wildman–Crippen LogP) is 26.1. The number of fused-ring (bicyclic) bond motifs is 6. The molecule has 0 N–H and O–H groups in total. The van der Waals surface area contributed by atoms with E-state index >= 15 is 0 Å². The smallest absolute Gasteiger partial charge is 0.0701 e. The van der Waals surface area contributed by atoms with Crippen LogP contribution in [0.15, 0.2) is 399 Å². The highest BCUT2D eigenvalue weighted by Crippen LogP contribution is 2.51. The third-order valence-electron chi connectivity index (χ3n) is 21.6. The number of nitrogens with zero attached hydrogens (tertiary/aromatic N) is 2. The molecule has 0 aliphatic rings. The molecule has 0 bridgehead atoms. The number of hydrogen-bond donors (Lipinski definition) is 0. The molecular weight excluding hydrogens is 1320 g/mol. The Hall–Kier alpha value is -11.6. The van der Waals surface area contributed by atoms with Crippen molar-refractivity contribution in [3.05, 3.63) is 477 Å². The third-order valence-corrected chi connectivity index (χ3v) is 22.1. The highest BCUT2D eigenvalue weighted by molar-refractivity contribution is 9.10. The first-order valence-electron chi connectivity index (χ1n) is 36.3. The lowest BCUT2D eigenvalue weighted by Crippen LogP contribution is -2.31. The summed E-state index contributed by atoms with van der Waals surface area (Å²) < 4.78 is 5.95. The fourth-order valence-corrected chi connectivity index (χ4v) is 17.1. The molecule has 17 rings (SSSR count). The maximum absolute atomic E-state index is 3.77. The summed E-state index contributed by atoms with van der Waals surface area (Å²) in [6, 6.07) is 145. The average molecular weight is 1400 g/mol. The quantitative estimate of drug-likeness (QED) is 0.0961. The summed E-state index contributed by atoms with van der Waals surface area (Å²) in [5, 5.41) is 4.89. The molecule has 17 aromatic rings. The van der Waals surface area contributed by atoms with Crippen LogP contribution in [0.2, 0.25) is 0 Å². The van der Waals surface area contributed by atoms with Crippen LogP contribution in [0.3, 0.4) is 0 Å². The number of halogens is 1. The Balaban J connectivity index is 0.000000170. The van der Waals surface area contributed by atoms with Crippen molar-refractivity contribution in [1.82, 2.24) is 9.13 Å². The van der Waals surface area contributed by atoms with Gasteiger partial charge in [0, 0.05) is 37.4 Å². The SMILES string of the molecule is CC(C)(C)c1ccc(-n2c3ccc(Br)cc3c3cc(C(c4ccccc4)(c4ccccc4)c4ccccc4)ccc32)cc1.CC(C)(C)c1ccc(-n2c3ccc(C(c4ccccc4)(c4ccccc4)c4ccccc4)cc3c3cc(C(c4ccccc4)(c4ccccc4)c4ccccc4)ccc32)cc1. The summed E-state index contributed by atoms with van der Waals surface area (Å²) in [5.41, 5.74) is 23.0. The Kier molecular flexibility index (Phi) is 17.8. The van der Waals surface area contributed by atoms with E-state index in [-0.39, 0.29) is 10.8 Å². The van der Waals surface area contributed by atoms with Crippen molar-refractivity contribution < 1.29 is 0 Å². The molecule has 0 unspecified atom stereocenters. The summed E-state index contributed by atoms with van der Waals surface area (Å²) in [4.78, 5) is 0. The minimum absolute atomic E-state index is 0.0500. The molecule has 0 aliphatic heterocycles. The lowest BCUT2D eigenvalue weighted by atomic mass is 9.64. The minimum Gasteiger partial charge on any atom is -0.309 e. The normalized spacial score (nSPS) is 12.2. The largest absolute Gasteiger partial charge is 0.309 e. The molecule has 0 saturated carbocycles. The lowest BCUT2D eigenvalue weighted by Gasteiger charge is -2.37. The Morgan fingerprint density at radius 2 is 0.365 bits per heavy atom. The molecule has 15 aromatic carbocycles. The van der Waals surface area contributed by atoms with E-state index in [1.807, 2.05) is 0 Å². The standard InChI is InChI=1S/C60H49N.C41H34BrN/c1-58(2,3)44-34-38-53(39-35-44)61-56-40-36-51(59(45-22-10-4-11-23-45,46-24-12-5-13-25-46)47-26-14-6-15-27-47)42-54(56)55-43-52(37-41-57(55)61)60(48-28-16-7-17-29-48,49-30-18-8-19-31-49)50-32-20-9-21-33-50;1-40(2,3)29-19-23-35(24-20-29)43-38-25-21-33(27-36(38)37-28-34(42)22-26-39(37)43)41(30-13-7-4-8-14-30,31-15-9-5-10-16-31)32-17-11-6-12-18-32/h4-43H,1-3H3;4-28H,1-3H3. The van der Waals surface area contributed by atoms with Gasteiger partial charge >= 0.3 is 0 Å². The summed E-state index contributed by atoms with van der Waals surface area (Å²) in [7, 11) is 0. The second-order valence-corrected chi connectivity index (χ2v) is 30.6. The molecule has 0 spiro atoms. The van der Waals surface area contributed by atoms with Gasteiger partial charge in [-0.15, -0.1) is 0 Å². The number of aromatic nitrogens is 2. The van der Waals surface area contributed by atoms with Gasteiger partial charge in [0.15, 0.2) is 0 Å². The Labute approximate surface area is 621 Å². The first-order valence-corrected chi connectivity index (χ1v) is 37.1. The van der Waals surface area contributed by atoms with Gasteiger partial charge in [0.2, 0.25) is 0 Å². The van der Waals surface area contributed by atoms with E-state index in [9.17, 15) is 0 Å². The van der Waals surface area contributed by atoms with Gasteiger partial charge in [0.1, 0.15) is 0 Å². The molecule has 3 heteroatoms. The molecule has 0 fully saturated rings. The van der Waals surface area contributed by atoms with Crippen molar-refractivity contribution in [3.8, 4) is 11.4 Å². The average Bonchev–Trinajstić information content (AvgIpc) is 1.40. The van der Waals surface area contributed by atoms with E-state index in [0.717, 1.165) is 10.2 Å². The van der Waals surface area contributed by atoms with Gasteiger partial charge in [-0.25, -0.2) is 0 Å². The van der Waals surface area contributed by atoms with Gasteiger partial charge in [-0.3, -0.25) is 0 Å². The second kappa shape index (κ2) is 27.6. The predicted molar refractivity (Wildman–Crippen MR) is 442 cm³/mol.